The Kier molecular flexibility index (Phi) is 3.34. The van der Waals surface area contributed by atoms with Crippen molar-refractivity contribution >= 4 is 17.3 Å². The van der Waals surface area contributed by atoms with Gasteiger partial charge >= 0.3 is 5.97 Å². The summed E-state index contributed by atoms with van der Waals surface area (Å²) in [5.41, 5.74) is 1.07. The van der Waals surface area contributed by atoms with Crippen LogP contribution in [0.1, 0.15) is 24.1 Å². The van der Waals surface area contributed by atoms with Gasteiger partial charge < -0.3 is 9.84 Å². The number of nitrogens with zero attached hydrogens (tertiary/aromatic N) is 2. The maximum atomic E-state index is 11.6. The van der Waals surface area contributed by atoms with Crippen LogP contribution in [0.15, 0.2) is 23.0 Å². The molecule has 1 heterocycles. The van der Waals surface area contributed by atoms with Crippen LogP contribution >= 0.6 is 11.3 Å². The number of carbonyl (C=O) groups excluding carboxylic acids is 1. The first-order valence-electron chi connectivity index (χ1n) is 5.42. The summed E-state index contributed by atoms with van der Waals surface area (Å²) in [5, 5.41) is 19.2. The number of hydrogen-bond acceptors (Lipinski definition) is 6. The highest BCUT2D eigenvalue weighted by Crippen LogP contribution is 2.42. The molecule has 1 aromatic heterocycles. The highest BCUT2D eigenvalue weighted by molar-refractivity contribution is 7.09. The van der Waals surface area contributed by atoms with Crippen LogP contribution in [0.4, 0.5) is 0 Å². The molecule has 6 heteroatoms. The van der Waals surface area contributed by atoms with Crippen molar-refractivity contribution < 1.29 is 14.6 Å². The zero-order chi connectivity index (χ0) is 13.2. The van der Waals surface area contributed by atoms with Crippen LogP contribution in [0.5, 0.6) is 0 Å². The normalized spacial score (nSPS) is 23.6. The van der Waals surface area contributed by atoms with Crippen LogP contribution in [0.2, 0.25) is 0 Å². The second-order valence-electron chi connectivity index (χ2n) is 4.15. The van der Waals surface area contributed by atoms with Gasteiger partial charge in [0, 0.05) is 23.9 Å². The monoisotopic (exact) mass is 264 g/mol. The number of aliphatic hydroxyl groups excluding tert-OH is 1. The summed E-state index contributed by atoms with van der Waals surface area (Å²) in [6.45, 7) is 0. The molecule has 1 aromatic rings. The van der Waals surface area contributed by atoms with Gasteiger partial charge in [-0.3, -0.25) is 4.98 Å². The van der Waals surface area contributed by atoms with Crippen molar-refractivity contribution in [2.75, 3.05) is 7.11 Å². The van der Waals surface area contributed by atoms with Gasteiger partial charge in [-0.1, -0.05) is 0 Å². The summed E-state index contributed by atoms with van der Waals surface area (Å²) in [6.07, 6.45) is 2.60. The van der Waals surface area contributed by atoms with Crippen LogP contribution in [-0.4, -0.2) is 23.2 Å². The van der Waals surface area contributed by atoms with Gasteiger partial charge in [-0.15, -0.1) is 11.3 Å². The minimum atomic E-state index is -0.781. The van der Waals surface area contributed by atoms with E-state index in [-0.39, 0.29) is 17.8 Å². The van der Waals surface area contributed by atoms with E-state index in [1.54, 1.807) is 11.7 Å². The van der Waals surface area contributed by atoms with E-state index < -0.39 is 11.4 Å². The van der Waals surface area contributed by atoms with E-state index in [0.717, 1.165) is 4.88 Å². The van der Waals surface area contributed by atoms with Crippen LogP contribution in [0.3, 0.4) is 0 Å². The van der Waals surface area contributed by atoms with Crippen LogP contribution < -0.4 is 0 Å². The number of rotatable bonds is 2. The summed E-state index contributed by atoms with van der Waals surface area (Å²) in [6, 6.07) is 2.27. The fraction of sp³-hybridized carbons (Fsp3) is 0.417. The molecule has 0 fully saturated rings. The number of aliphatic hydroxyl groups is 1. The lowest BCUT2D eigenvalue weighted by molar-refractivity contribution is -0.136. The van der Waals surface area contributed by atoms with Crippen LogP contribution in [-0.2, 0) is 14.9 Å². The molecule has 1 aliphatic rings. The van der Waals surface area contributed by atoms with Crippen molar-refractivity contribution in [2.45, 2.75) is 24.7 Å². The molecule has 0 bridgehead atoms. The molecule has 0 amide bonds. The van der Waals surface area contributed by atoms with Crippen molar-refractivity contribution in [3.63, 3.8) is 0 Å². The lowest BCUT2D eigenvalue weighted by Crippen LogP contribution is -2.30. The van der Waals surface area contributed by atoms with Gasteiger partial charge in [0.25, 0.3) is 0 Å². The predicted molar refractivity (Wildman–Crippen MR) is 64.9 cm³/mol. The smallest absolute Gasteiger partial charge is 0.337 e. The molecule has 0 aliphatic heterocycles. The number of hydrogen-bond donors (Lipinski definition) is 1. The first-order chi connectivity index (χ1) is 8.63. The van der Waals surface area contributed by atoms with E-state index in [4.69, 9.17) is 0 Å². The van der Waals surface area contributed by atoms with E-state index in [9.17, 15) is 15.2 Å². The minimum absolute atomic E-state index is 0.0252. The minimum Gasteiger partial charge on any atom is -0.512 e. The van der Waals surface area contributed by atoms with Gasteiger partial charge in [0.15, 0.2) is 0 Å². The molecule has 0 saturated carbocycles. The summed E-state index contributed by atoms with van der Waals surface area (Å²) >= 11 is 1.39. The predicted octanol–water partition coefficient (Wildman–Crippen LogP) is 2.07. The van der Waals surface area contributed by atoms with Crippen molar-refractivity contribution in [1.29, 1.82) is 5.26 Å². The fourth-order valence-corrected chi connectivity index (χ4v) is 2.90. The van der Waals surface area contributed by atoms with Gasteiger partial charge in [0.1, 0.15) is 5.76 Å². The Morgan fingerprint density at radius 1 is 1.72 bits per heavy atom. The summed E-state index contributed by atoms with van der Waals surface area (Å²) in [7, 11) is 1.26. The Labute approximate surface area is 108 Å². The van der Waals surface area contributed by atoms with Gasteiger partial charge in [0.2, 0.25) is 0 Å². The summed E-state index contributed by atoms with van der Waals surface area (Å²) in [5.74, 6) is -0.548. The molecular formula is C12H12N2O3S. The third-order valence-electron chi connectivity index (χ3n) is 3.17. The average molecular weight is 264 g/mol. The van der Waals surface area contributed by atoms with E-state index in [1.165, 1.54) is 18.4 Å². The lowest BCUT2D eigenvalue weighted by Gasteiger charge is -2.30. The molecule has 0 aromatic carbocycles. The van der Waals surface area contributed by atoms with Gasteiger partial charge in [0.05, 0.1) is 29.7 Å². The molecule has 1 N–H and O–H groups in total. The fourth-order valence-electron chi connectivity index (χ4n) is 2.10. The zero-order valence-electron chi connectivity index (χ0n) is 9.84. The molecule has 0 spiro atoms. The van der Waals surface area contributed by atoms with Crippen LogP contribution in [0, 0.1) is 11.3 Å². The molecule has 2 rings (SSSR count). The standard InChI is InChI=1S/C12H12N2O3S/c1-17-11(16)8-4-12(6-13,3-2-9(8)15)10-5-14-7-18-10/h5,7,15H,2-4H2,1H3. The molecule has 0 radical (unpaired) electrons. The Morgan fingerprint density at radius 3 is 3.06 bits per heavy atom. The number of thiazole rings is 1. The maximum Gasteiger partial charge on any atom is 0.337 e. The third-order valence-corrected chi connectivity index (χ3v) is 4.14. The van der Waals surface area contributed by atoms with E-state index in [1.807, 2.05) is 0 Å². The number of aromatic nitrogens is 1. The molecule has 1 aliphatic carbocycles. The summed E-state index contributed by atoms with van der Waals surface area (Å²) in [4.78, 5) is 16.4. The Morgan fingerprint density at radius 2 is 2.50 bits per heavy atom. The molecular weight excluding hydrogens is 252 g/mol. The lowest BCUT2D eigenvalue weighted by atomic mass is 9.73. The second kappa shape index (κ2) is 4.78. The number of nitriles is 1. The number of methoxy groups -OCH3 is 1. The number of ether oxygens (including phenoxy) is 1. The Hall–Kier alpha value is -1.87. The molecule has 5 nitrogen and oxygen atoms in total. The molecule has 1 atom stereocenters. The van der Waals surface area contributed by atoms with Crippen molar-refractivity contribution in [2.24, 2.45) is 0 Å². The van der Waals surface area contributed by atoms with Crippen molar-refractivity contribution in [1.82, 2.24) is 4.98 Å². The van der Waals surface area contributed by atoms with Crippen molar-refractivity contribution in [3.05, 3.63) is 27.9 Å². The summed E-state index contributed by atoms with van der Waals surface area (Å²) < 4.78 is 4.64. The topological polar surface area (TPSA) is 83.2 Å². The van der Waals surface area contributed by atoms with Crippen LogP contribution in [0.25, 0.3) is 0 Å². The SMILES string of the molecule is COC(=O)C1=C(O)CCC(C#N)(c2cncs2)C1. The molecule has 0 saturated heterocycles. The molecule has 18 heavy (non-hydrogen) atoms. The van der Waals surface area contributed by atoms with Gasteiger partial charge in [-0.2, -0.15) is 5.26 Å². The van der Waals surface area contributed by atoms with E-state index >= 15 is 0 Å². The Balaban J connectivity index is 2.39. The van der Waals surface area contributed by atoms with Gasteiger partial charge in [-0.05, 0) is 6.42 Å². The zero-order valence-corrected chi connectivity index (χ0v) is 10.7. The first kappa shape index (κ1) is 12.6. The number of esters is 1. The highest BCUT2D eigenvalue weighted by Gasteiger charge is 2.41. The second-order valence-corrected chi connectivity index (χ2v) is 5.04. The largest absolute Gasteiger partial charge is 0.512 e. The Bertz CT molecular complexity index is 530. The van der Waals surface area contributed by atoms with E-state index in [2.05, 4.69) is 15.8 Å². The number of allylic oxidation sites excluding steroid dienone is 1. The van der Waals surface area contributed by atoms with Crippen molar-refractivity contribution in [3.8, 4) is 6.07 Å². The third kappa shape index (κ3) is 1.97. The van der Waals surface area contributed by atoms with E-state index in [0.29, 0.717) is 12.8 Å². The van der Waals surface area contributed by atoms with Gasteiger partial charge in [-0.25, -0.2) is 4.79 Å². The number of carbonyl (C=O) groups is 1. The molecule has 94 valence electrons. The first-order valence-corrected chi connectivity index (χ1v) is 6.30. The quantitative estimate of drug-likeness (QED) is 0.827. The molecule has 1 unspecified atom stereocenters. The highest BCUT2D eigenvalue weighted by atomic mass is 32.1. The maximum absolute atomic E-state index is 11.6. The average Bonchev–Trinajstić information content (AvgIpc) is 2.93.